The van der Waals surface area contributed by atoms with Gasteiger partial charge >= 0.3 is 70.8 Å². The predicted octanol–water partition coefficient (Wildman–Crippen LogP) is 2.66. The van der Waals surface area contributed by atoms with E-state index in [4.69, 9.17) is 0 Å². The molecular formula is C13H22MnNO4. The van der Waals surface area contributed by atoms with Crippen LogP contribution in [-0.4, -0.2) is 24.5 Å². The molecule has 0 heterocycles. The Bertz CT molecular complexity index is 456. The van der Waals surface area contributed by atoms with Crippen molar-refractivity contribution in [3.05, 3.63) is 35.9 Å². The number of nitrogens with zero attached hydrogens (tertiary/aromatic N) is 1. The molecule has 6 heteroatoms. The molecule has 19 heavy (non-hydrogen) atoms. The van der Waals surface area contributed by atoms with Gasteiger partial charge < -0.3 is 4.90 Å². The summed E-state index contributed by atoms with van der Waals surface area (Å²) in [5.41, 5.74) is 0.664. The van der Waals surface area contributed by atoms with E-state index in [0.717, 1.165) is 0 Å². The number of rotatable bonds is 6. The first-order valence-electron chi connectivity index (χ1n) is 6.24. The summed E-state index contributed by atoms with van der Waals surface area (Å²) in [6.45, 7) is 9.95. The molecule has 0 aliphatic carbocycles. The maximum absolute atomic E-state index is 10.1. The zero-order valence-corrected chi connectivity index (χ0v) is 12.9. The summed E-state index contributed by atoms with van der Waals surface area (Å²) in [5.74, 6) is 0. The van der Waals surface area contributed by atoms with Crippen LogP contribution < -0.4 is 0 Å². The second kappa shape index (κ2) is 9.92. The fourth-order valence-electron chi connectivity index (χ4n) is 1.37. The molecule has 1 aromatic carbocycles. The molecule has 0 aliphatic heterocycles. The van der Waals surface area contributed by atoms with Crippen molar-refractivity contribution in [1.29, 1.82) is 0 Å². The summed E-state index contributed by atoms with van der Waals surface area (Å²) in [5, 5.41) is 0. The van der Waals surface area contributed by atoms with Gasteiger partial charge in [0, 0.05) is 0 Å². The fourth-order valence-corrected chi connectivity index (χ4v) is 1.78. The van der Waals surface area contributed by atoms with Crippen LogP contribution in [0.3, 0.4) is 0 Å². The number of hydrogen-bond donors (Lipinski definition) is 0. The minimum absolute atomic E-state index is 0.176. The zero-order chi connectivity index (χ0) is 14.7. The molecule has 1 aromatic rings. The van der Waals surface area contributed by atoms with Gasteiger partial charge in [0.1, 0.15) is 0 Å². The monoisotopic (exact) mass is 311 g/mol. The molecule has 0 radical (unpaired) electrons. The first kappa shape index (κ1) is 18.1. The summed E-state index contributed by atoms with van der Waals surface area (Å²) >= 11 is -5.11. The van der Waals surface area contributed by atoms with Crippen molar-refractivity contribution in [2.45, 2.75) is 27.4 Å². The van der Waals surface area contributed by atoms with Crippen molar-refractivity contribution in [3.63, 3.8) is 0 Å². The van der Waals surface area contributed by atoms with Gasteiger partial charge in [-0.3, -0.25) is 0 Å². The van der Waals surface area contributed by atoms with E-state index in [2.05, 4.69) is 29.5 Å². The van der Waals surface area contributed by atoms with Crippen molar-refractivity contribution >= 4 is 0 Å². The topological polar surface area (TPSA) is 63.7 Å². The van der Waals surface area contributed by atoms with Gasteiger partial charge in [-0.05, 0) is 19.6 Å². The van der Waals surface area contributed by atoms with Crippen LogP contribution in [0.2, 0.25) is 0 Å². The maximum atomic E-state index is 10.1. The minimum atomic E-state index is -5.11. The molecule has 0 spiro atoms. The van der Waals surface area contributed by atoms with Gasteiger partial charge in [0.15, 0.2) is 0 Å². The average Bonchev–Trinajstić information content (AvgIpc) is 2.40. The number of benzene rings is 1. The Balaban J connectivity index is 0.000000399. The quantitative estimate of drug-likeness (QED) is 0.756. The van der Waals surface area contributed by atoms with Gasteiger partial charge in [0.05, 0.1) is 0 Å². The molecule has 0 saturated carbocycles. The van der Waals surface area contributed by atoms with Gasteiger partial charge in [-0.25, -0.2) is 0 Å². The van der Waals surface area contributed by atoms with Gasteiger partial charge in [-0.2, -0.15) is 0 Å². The van der Waals surface area contributed by atoms with Crippen LogP contribution in [0.15, 0.2) is 30.3 Å². The molecule has 0 N–H and O–H groups in total. The van der Waals surface area contributed by atoms with Gasteiger partial charge in [-0.15, -0.1) is 0 Å². The molecule has 5 nitrogen and oxygen atoms in total. The molecule has 110 valence electrons. The molecule has 0 unspecified atom stereocenters. The molecule has 0 aromatic heterocycles. The Hall–Kier alpha value is -0.941. The Labute approximate surface area is 116 Å². The zero-order valence-electron chi connectivity index (χ0n) is 11.7. The van der Waals surface area contributed by atoms with Crippen LogP contribution in [0.5, 0.6) is 0 Å². The first-order chi connectivity index (χ1) is 8.92. The van der Waals surface area contributed by atoms with Crippen molar-refractivity contribution in [3.8, 4) is 0 Å². The predicted molar refractivity (Wildman–Crippen MR) is 66.8 cm³/mol. The van der Waals surface area contributed by atoms with Crippen molar-refractivity contribution in [2.24, 2.45) is 0 Å². The van der Waals surface area contributed by atoms with Crippen LogP contribution in [-0.2, 0) is 34.9 Å². The molecule has 0 fully saturated rings. The summed E-state index contributed by atoms with van der Waals surface area (Å²) in [6, 6.07) is 8.63. The van der Waals surface area contributed by atoms with Crippen LogP contribution in [0.25, 0.3) is 0 Å². The molecule has 1 rings (SSSR count). The van der Waals surface area contributed by atoms with Gasteiger partial charge in [-0.1, -0.05) is 20.8 Å². The summed E-state index contributed by atoms with van der Waals surface area (Å²) in [4.78, 5) is 2.38. The van der Waals surface area contributed by atoms with Crippen molar-refractivity contribution in [1.82, 2.24) is 4.90 Å². The van der Waals surface area contributed by atoms with E-state index < -0.39 is 13.0 Å². The number of hydrogen-bond acceptors (Lipinski definition) is 5. The normalized spacial score (nSPS) is 10.9. The van der Waals surface area contributed by atoms with E-state index in [9.17, 15) is 11.5 Å². The third kappa shape index (κ3) is 10.7. The average molecular weight is 311 g/mol. The summed E-state index contributed by atoms with van der Waals surface area (Å²) in [6.07, 6.45) is 0. The Morgan fingerprint density at radius 3 is 1.74 bits per heavy atom. The van der Waals surface area contributed by atoms with E-state index in [1.165, 1.54) is 19.6 Å². The molecule has 0 aliphatic rings. The SMILES string of the molecule is CCN(CC)CC.[O]=[Mn](=[O])(=[O])[O]Cc1ccccc1. The third-order valence-electron chi connectivity index (χ3n) is 2.54. The molecular weight excluding hydrogens is 289 g/mol. The van der Waals surface area contributed by atoms with E-state index in [1.807, 2.05) is 0 Å². The summed E-state index contributed by atoms with van der Waals surface area (Å²) in [7, 11) is 0. The van der Waals surface area contributed by atoms with Crippen LogP contribution in [0.1, 0.15) is 26.3 Å². The molecule has 0 bridgehead atoms. The van der Waals surface area contributed by atoms with Crippen LogP contribution in [0, 0.1) is 0 Å². The van der Waals surface area contributed by atoms with Gasteiger partial charge in [0.25, 0.3) is 0 Å². The van der Waals surface area contributed by atoms with E-state index in [1.54, 1.807) is 30.3 Å². The van der Waals surface area contributed by atoms with Gasteiger partial charge in [0.2, 0.25) is 0 Å². The van der Waals surface area contributed by atoms with Crippen molar-refractivity contribution in [2.75, 3.05) is 19.6 Å². The molecule has 0 atom stereocenters. The molecule has 0 amide bonds. The first-order valence-corrected chi connectivity index (χ1v) is 8.17. The van der Waals surface area contributed by atoms with Crippen molar-refractivity contribution < 1.29 is 28.3 Å². The van der Waals surface area contributed by atoms with Crippen LogP contribution >= 0.6 is 0 Å². The van der Waals surface area contributed by atoms with E-state index in [-0.39, 0.29) is 6.61 Å². The van der Waals surface area contributed by atoms with E-state index >= 15 is 0 Å². The van der Waals surface area contributed by atoms with E-state index in [0.29, 0.717) is 5.56 Å². The Morgan fingerprint density at radius 1 is 0.947 bits per heavy atom. The Kier molecular flexibility index (Phi) is 9.43. The molecule has 0 saturated heterocycles. The Morgan fingerprint density at radius 2 is 1.42 bits per heavy atom. The standard InChI is InChI=1S/C7H7O.C6H15N.Mn.3O/c8-6-7-4-2-1-3-5-7;1-4-7(5-2)6-3;;;;/h1-5H,6H2;4-6H2,1-3H3;;;;/q-1;;+1;;;. The second-order valence-corrected chi connectivity index (χ2v) is 5.26. The second-order valence-electron chi connectivity index (χ2n) is 3.74. The van der Waals surface area contributed by atoms with Crippen LogP contribution in [0.4, 0.5) is 0 Å². The fraction of sp³-hybridized carbons (Fsp3) is 0.538. The third-order valence-corrected chi connectivity index (χ3v) is 3.13. The summed E-state index contributed by atoms with van der Waals surface area (Å²) < 4.78 is 34.3.